The molecule has 0 aromatic rings. The van der Waals surface area contributed by atoms with Gasteiger partial charge in [-0.15, -0.1) is 5.10 Å². The zero-order valence-corrected chi connectivity index (χ0v) is 3.97. The first-order valence-corrected chi connectivity index (χ1v) is 1.90. The van der Waals surface area contributed by atoms with Gasteiger partial charge >= 0.3 is 0 Å². The highest BCUT2D eigenvalue weighted by molar-refractivity contribution is 6.05. The third-order valence-electron chi connectivity index (χ3n) is 0.608. The Hall–Kier alpha value is -0.705. The predicted molar refractivity (Wildman–Crippen MR) is 27.0 cm³/mol. The van der Waals surface area contributed by atoms with Gasteiger partial charge in [0.25, 0.3) is 0 Å². The SMILES string of the molecule is [B]N1NN=C(C)N1. The summed E-state index contributed by atoms with van der Waals surface area (Å²) in [6.07, 6.45) is 0. The molecule has 36 valence electrons. The van der Waals surface area contributed by atoms with E-state index in [2.05, 4.69) is 16.1 Å². The van der Waals surface area contributed by atoms with E-state index in [1.165, 1.54) is 5.03 Å². The topological polar surface area (TPSA) is 39.7 Å². The molecule has 0 fully saturated rings. The monoisotopic (exact) mass is 96.1 g/mol. The summed E-state index contributed by atoms with van der Waals surface area (Å²) in [7, 11) is 5.12. The molecule has 0 bridgehead atoms. The smallest absolute Gasteiger partial charge is 0.250 e. The minimum absolute atomic E-state index is 0.766. The molecular weight excluding hydrogens is 90.9 g/mol. The Bertz CT molecular complexity index is 99.9. The third kappa shape index (κ3) is 0.835. The van der Waals surface area contributed by atoms with Crippen LogP contribution in [-0.2, 0) is 0 Å². The zero-order valence-electron chi connectivity index (χ0n) is 3.97. The Labute approximate surface area is 42.9 Å². The molecule has 0 saturated carbocycles. The number of hydrazine groups is 2. The number of amidine groups is 1. The second kappa shape index (κ2) is 1.42. The Morgan fingerprint density at radius 1 is 1.86 bits per heavy atom. The maximum atomic E-state index is 5.12. The summed E-state index contributed by atoms with van der Waals surface area (Å²) in [5, 5.41) is 4.85. The molecule has 2 N–H and O–H groups in total. The first-order valence-electron chi connectivity index (χ1n) is 1.90. The van der Waals surface area contributed by atoms with Crippen LogP contribution in [0.3, 0.4) is 0 Å². The van der Waals surface area contributed by atoms with E-state index < -0.39 is 0 Å². The highest BCUT2D eigenvalue weighted by atomic mass is 15.8. The zero-order chi connectivity index (χ0) is 5.28. The molecule has 1 aliphatic heterocycles. The molecule has 0 spiro atoms. The van der Waals surface area contributed by atoms with Crippen LogP contribution < -0.4 is 11.0 Å². The van der Waals surface area contributed by atoms with Gasteiger partial charge in [0, 0.05) is 0 Å². The summed E-state index contributed by atoms with van der Waals surface area (Å²) in [5.41, 5.74) is 5.12. The molecule has 5 heteroatoms. The second-order valence-electron chi connectivity index (χ2n) is 1.28. The van der Waals surface area contributed by atoms with Crippen LogP contribution in [0.4, 0.5) is 0 Å². The lowest BCUT2D eigenvalue weighted by molar-refractivity contribution is 0.343. The minimum Gasteiger partial charge on any atom is -0.299 e. The van der Waals surface area contributed by atoms with Crippen molar-refractivity contribution in [2.45, 2.75) is 6.92 Å². The molecule has 0 aromatic heterocycles. The normalized spacial score (nSPS) is 20.4. The molecule has 1 rings (SSSR count). The average Bonchev–Trinajstić information content (AvgIpc) is 1.87. The van der Waals surface area contributed by atoms with Gasteiger partial charge in [-0.2, -0.15) is 5.03 Å². The third-order valence-corrected chi connectivity index (χ3v) is 0.608. The summed E-state index contributed by atoms with van der Waals surface area (Å²) in [6, 6.07) is 0. The van der Waals surface area contributed by atoms with Crippen molar-refractivity contribution in [3.8, 4) is 0 Å². The van der Waals surface area contributed by atoms with Crippen molar-refractivity contribution in [3.63, 3.8) is 0 Å². The van der Waals surface area contributed by atoms with Crippen LogP contribution in [0.1, 0.15) is 6.92 Å². The molecule has 0 aromatic carbocycles. The van der Waals surface area contributed by atoms with E-state index in [-0.39, 0.29) is 0 Å². The first kappa shape index (κ1) is 4.45. The lowest BCUT2D eigenvalue weighted by Gasteiger charge is -2.06. The highest BCUT2D eigenvalue weighted by Crippen LogP contribution is 1.77. The summed E-state index contributed by atoms with van der Waals surface area (Å²) >= 11 is 0. The number of hydrogen-bond acceptors (Lipinski definition) is 4. The van der Waals surface area contributed by atoms with Gasteiger partial charge in [0.15, 0.2) is 0 Å². The van der Waals surface area contributed by atoms with E-state index in [1.807, 2.05) is 0 Å². The van der Waals surface area contributed by atoms with Gasteiger partial charge in [0.1, 0.15) is 5.84 Å². The Morgan fingerprint density at radius 2 is 2.57 bits per heavy atom. The molecule has 2 radical (unpaired) electrons. The first-order chi connectivity index (χ1) is 3.29. The van der Waals surface area contributed by atoms with Gasteiger partial charge in [-0.05, 0) is 6.92 Å². The van der Waals surface area contributed by atoms with Crippen molar-refractivity contribution < 1.29 is 0 Å². The highest BCUT2D eigenvalue weighted by Gasteiger charge is 2.00. The second-order valence-corrected chi connectivity index (χ2v) is 1.28. The van der Waals surface area contributed by atoms with E-state index in [9.17, 15) is 0 Å². The molecule has 1 heterocycles. The van der Waals surface area contributed by atoms with Crippen LogP contribution in [0.2, 0.25) is 0 Å². The fourth-order valence-electron chi connectivity index (χ4n) is 0.353. The van der Waals surface area contributed by atoms with Crippen LogP contribution in [0.5, 0.6) is 0 Å². The molecule has 0 unspecified atom stereocenters. The van der Waals surface area contributed by atoms with Crippen LogP contribution in [-0.4, -0.2) is 18.8 Å². The molecule has 7 heavy (non-hydrogen) atoms. The molecule has 0 amide bonds. The maximum absolute atomic E-state index is 5.12. The fourth-order valence-corrected chi connectivity index (χ4v) is 0.353. The van der Waals surface area contributed by atoms with Crippen molar-refractivity contribution in [2.24, 2.45) is 5.10 Å². The molecular formula is C2H5BN4. The van der Waals surface area contributed by atoms with Crippen LogP contribution in [0.25, 0.3) is 0 Å². The van der Waals surface area contributed by atoms with E-state index in [4.69, 9.17) is 7.98 Å². The van der Waals surface area contributed by atoms with Gasteiger partial charge in [-0.1, -0.05) is 0 Å². The summed E-state index contributed by atoms with van der Waals surface area (Å²) in [5.74, 6) is 0.766. The summed E-state index contributed by atoms with van der Waals surface area (Å²) < 4.78 is 0. The minimum atomic E-state index is 0.766. The number of nitrogens with zero attached hydrogens (tertiary/aromatic N) is 2. The quantitative estimate of drug-likeness (QED) is 0.369. The Kier molecular flexibility index (Phi) is 0.903. The predicted octanol–water partition coefficient (Wildman–Crippen LogP) is -1.27. The van der Waals surface area contributed by atoms with Crippen molar-refractivity contribution in [1.29, 1.82) is 0 Å². The Morgan fingerprint density at radius 3 is 2.71 bits per heavy atom. The number of rotatable bonds is 0. The standard InChI is InChI=1S/C2H5BN4/c1-2-4-6-7(3)5-2/h6H,1H3,(H,4,5). The van der Waals surface area contributed by atoms with Gasteiger partial charge in [-0.3, -0.25) is 5.43 Å². The van der Waals surface area contributed by atoms with E-state index >= 15 is 0 Å². The van der Waals surface area contributed by atoms with E-state index in [1.54, 1.807) is 6.92 Å². The van der Waals surface area contributed by atoms with E-state index in [0.29, 0.717) is 0 Å². The average molecular weight is 95.9 g/mol. The van der Waals surface area contributed by atoms with Crippen LogP contribution in [0, 0.1) is 0 Å². The maximum Gasteiger partial charge on any atom is 0.250 e. The largest absolute Gasteiger partial charge is 0.299 e. The lowest BCUT2D eigenvalue weighted by Crippen LogP contribution is -2.38. The van der Waals surface area contributed by atoms with Crippen LogP contribution >= 0.6 is 0 Å². The number of nitrogens with one attached hydrogen (secondary N) is 2. The number of hydrogen-bond donors (Lipinski definition) is 2. The fraction of sp³-hybridized carbons (Fsp3) is 0.500. The molecule has 1 aliphatic rings. The van der Waals surface area contributed by atoms with Gasteiger partial charge < -0.3 is 0 Å². The summed E-state index contributed by atoms with van der Waals surface area (Å²) in [6.45, 7) is 1.81. The summed E-state index contributed by atoms with van der Waals surface area (Å²) in [4.78, 5) is 0. The van der Waals surface area contributed by atoms with Crippen LogP contribution in [0.15, 0.2) is 5.10 Å². The van der Waals surface area contributed by atoms with Crippen molar-refractivity contribution in [2.75, 3.05) is 0 Å². The molecule has 0 aliphatic carbocycles. The number of hydrazone groups is 1. The van der Waals surface area contributed by atoms with E-state index in [0.717, 1.165) is 5.84 Å². The van der Waals surface area contributed by atoms with Crippen molar-refractivity contribution in [3.05, 3.63) is 0 Å². The van der Waals surface area contributed by atoms with Gasteiger partial charge in [-0.25, -0.2) is 5.53 Å². The molecule has 4 nitrogen and oxygen atoms in total. The lowest BCUT2D eigenvalue weighted by atomic mass is 10.5. The van der Waals surface area contributed by atoms with Gasteiger partial charge in [0.2, 0.25) is 7.98 Å². The molecule has 0 atom stereocenters. The Balaban J connectivity index is 2.42. The van der Waals surface area contributed by atoms with Crippen molar-refractivity contribution in [1.82, 2.24) is 16.0 Å². The van der Waals surface area contributed by atoms with Crippen molar-refractivity contribution >= 4 is 13.8 Å². The molecule has 0 saturated heterocycles. The van der Waals surface area contributed by atoms with Gasteiger partial charge in [0.05, 0.1) is 0 Å².